The zero-order chi connectivity index (χ0) is 23.1. The minimum absolute atomic E-state index is 0.123. The number of carbonyl (C=O) groups excluding carboxylic acids is 1. The first kappa shape index (κ1) is 24.5. The smallest absolute Gasteiger partial charge is 0.262 e. The van der Waals surface area contributed by atoms with Gasteiger partial charge in [-0.1, -0.05) is 38.2 Å². The van der Waals surface area contributed by atoms with Crippen LogP contribution in [-0.2, 0) is 11.2 Å². The van der Waals surface area contributed by atoms with Crippen LogP contribution < -0.4 is 14.8 Å². The van der Waals surface area contributed by atoms with E-state index in [-0.39, 0.29) is 12.5 Å². The molecule has 0 bridgehead atoms. The second-order valence-electron chi connectivity index (χ2n) is 8.08. The third kappa shape index (κ3) is 6.45. The lowest BCUT2D eigenvalue weighted by molar-refractivity contribution is -0.118. The van der Waals surface area contributed by atoms with Crippen LogP contribution in [0.15, 0.2) is 40.9 Å². The molecule has 1 fully saturated rings. The van der Waals surface area contributed by atoms with E-state index in [0.717, 1.165) is 54.5 Å². The maximum Gasteiger partial charge on any atom is 0.262 e. The summed E-state index contributed by atoms with van der Waals surface area (Å²) in [7, 11) is 0. The third-order valence-electron chi connectivity index (χ3n) is 5.62. The molecule has 1 aliphatic heterocycles. The fourth-order valence-electron chi connectivity index (χ4n) is 3.65. The Morgan fingerprint density at radius 1 is 1.16 bits per heavy atom. The molecule has 2 aromatic rings. The van der Waals surface area contributed by atoms with Crippen molar-refractivity contribution in [2.24, 2.45) is 5.92 Å². The molecule has 1 saturated heterocycles. The van der Waals surface area contributed by atoms with Crippen molar-refractivity contribution in [1.82, 2.24) is 4.90 Å². The average Bonchev–Trinajstić information content (AvgIpc) is 2.79. The number of likely N-dealkylation sites (tertiary alicyclic amines) is 1. The first-order valence-corrected chi connectivity index (χ1v) is 12.4. The zero-order valence-corrected chi connectivity index (χ0v) is 21.4. The fourth-order valence-corrected chi connectivity index (χ4v) is 4.50. The second kappa shape index (κ2) is 11.7. The van der Waals surface area contributed by atoms with Crippen LogP contribution >= 0.6 is 28.1 Å². The Kier molecular flexibility index (Phi) is 8.93. The first-order valence-electron chi connectivity index (χ1n) is 11.2. The number of hydrogen-bond donors (Lipinski definition) is 1. The van der Waals surface area contributed by atoms with Crippen LogP contribution in [-0.4, -0.2) is 42.1 Å². The van der Waals surface area contributed by atoms with Crippen LogP contribution in [0.5, 0.6) is 11.5 Å². The van der Waals surface area contributed by atoms with E-state index in [1.807, 2.05) is 43.3 Å². The van der Waals surface area contributed by atoms with Gasteiger partial charge >= 0.3 is 0 Å². The zero-order valence-electron chi connectivity index (χ0n) is 18.9. The summed E-state index contributed by atoms with van der Waals surface area (Å²) in [6.07, 6.45) is 3.26. The Morgan fingerprint density at radius 3 is 2.47 bits per heavy atom. The predicted molar refractivity (Wildman–Crippen MR) is 137 cm³/mol. The molecule has 3 rings (SSSR count). The molecule has 7 heteroatoms. The van der Waals surface area contributed by atoms with E-state index >= 15 is 0 Å². The van der Waals surface area contributed by atoms with Crippen molar-refractivity contribution < 1.29 is 14.3 Å². The largest absolute Gasteiger partial charge is 0.490 e. The number of ether oxygens (including phenoxy) is 2. The summed E-state index contributed by atoms with van der Waals surface area (Å²) in [5.74, 6) is 1.59. The molecule has 0 radical (unpaired) electrons. The Hall–Kier alpha value is -2.12. The summed E-state index contributed by atoms with van der Waals surface area (Å²) in [5, 5.41) is 2.86. The van der Waals surface area contributed by atoms with Crippen LogP contribution in [0.4, 0.5) is 5.69 Å². The second-order valence-corrected chi connectivity index (χ2v) is 9.32. The molecule has 0 aliphatic carbocycles. The van der Waals surface area contributed by atoms with Crippen molar-refractivity contribution in [3.05, 3.63) is 52.0 Å². The maximum atomic E-state index is 12.4. The molecule has 0 spiro atoms. The molecule has 0 unspecified atom stereocenters. The minimum atomic E-state index is -0.231. The van der Waals surface area contributed by atoms with Crippen molar-refractivity contribution in [2.75, 3.05) is 31.6 Å². The fraction of sp³-hybridized carbons (Fsp3) is 0.440. The molecule has 1 N–H and O–H groups in total. The van der Waals surface area contributed by atoms with Gasteiger partial charge in [-0.15, -0.1) is 0 Å². The number of halogens is 1. The summed E-state index contributed by atoms with van der Waals surface area (Å²) in [6.45, 7) is 8.60. The molecular formula is C25H31BrN2O3S. The van der Waals surface area contributed by atoms with Crippen LogP contribution in [0.25, 0.3) is 0 Å². The number of rotatable bonds is 8. The van der Waals surface area contributed by atoms with E-state index in [1.165, 1.54) is 5.56 Å². The molecule has 0 aromatic heterocycles. The van der Waals surface area contributed by atoms with Gasteiger partial charge in [0.25, 0.3) is 5.91 Å². The highest BCUT2D eigenvalue weighted by Crippen LogP contribution is 2.37. The number of nitrogens with one attached hydrogen (secondary N) is 1. The lowest BCUT2D eigenvalue weighted by Crippen LogP contribution is -2.37. The number of thiocarbonyl (C=S) groups is 1. The van der Waals surface area contributed by atoms with Gasteiger partial charge in [-0.05, 0) is 77.9 Å². The molecule has 1 aliphatic rings. The number of anilines is 1. The highest BCUT2D eigenvalue weighted by molar-refractivity contribution is 9.10. The minimum Gasteiger partial charge on any atom is -0.490 e. The highest BCUT2D eigenvalue weighted by Gasteiger charge is 2.22. The van der Waals surface area contributed by atoms with Gasteiger partial charge in [-0.2, -0.15) is 0 Å². The molecule has 172 valence electrons. The van der Waals surface area contributed by atoms with E-state index < -0.39 is 0 Å². The molecular weight excluding hydrogens is 488 g/mol. The van der Waals surface area contributed by atoms with Gasteiger partial charge in [0.05, 0.1) is 11.1 Å². The van der Waals surface area contributed by atoms with Crippen LogP contribution in [0.3, 0.4) is 0 Å². The van der Waals surface area contributed by atoms with Gasteiger partial charge in [0.15, 0.2) is 18.1 Å². The van der Waals surface area contributed by atoms with Crippen molar-refractivity contribution in [2.45, 2.75) is 40.0 Å². The Bertz CT molecular complexity index is 941. The van der Waals surface area contributed by atoms with E-state index in [2.05, 4.69) is 40.0 Å². The number of nitrogens with zero attached hydrogens (tertiary/aromatic N) is 1. The first-order chi connectivity index (χ1) is 15.4. The summed E-state index contributed by atoms with van der Waals surface area (Å²) < 4.78 is 12.4. The van der Waals surface area contributed by atoms with Crippen molar-refractivity contribution in [3.63, 3.8) is 0 Å². The van der Waals surface area contributed by atoms with Gasteiger partial charge < -0.3 is 19.7 Å². The number of carbonyl (C=O) groups is 1. The lowest BCUT2D eigenvalue weighted by Gasteiger charge is -2.32. The topological polar surface area (TPSA) is 50.8 Å². The summed E-state index contributed by atoms with van der Waals surface area (Å²) in [6, 6.07) is 11.7. The molecule has 0 atom stereocenters. The molecule has 2 aromatic carbocycles. The summed E-state index contributed by atoms with van der Waals surface area (Å²) >= 11 is 9.36. The van der Waals surface area contributed by atoms with Crippen molar-refractivity contribution in [3.8, 4) is 11.5 Å². The standard InChI is InChI=1S/C25H31BrN2O3S/c1-4-18-6-8-20(9-7-18)27-23(29)16-31-24-21(26)14-19(15-22(24)30-5-2)25(32)28-12-10-17(3)11-13-28/h6-9,14-15,17H,4-5,10-13,16H2,1-3H3,(H,27,29). The predicted octanol–water partition coefficient (Wildman–Crippen LogP) is 5.84. The maximum absolute atomic E-state index is 12.4. The Balaban J connectivity index is 1.68. The number of benzene rings is 2. The molecule has 5 nitrogen and oxygen atoms in total. The van der Waals surface area contributed by atoms with Gasteiger partial charge in [0.1, 0.15) is 4.99 Å². The van der Waals surface area contributed by atoms with Gasteiger partial charge in [0.2, 0.25) is 0 Å². The summed E-state index contributed by atoms with van der Waals surface area (Å²) in [5.41, 5.74) is 2.88. The van der Waals surface area contributed by atoms with E-state index in [4.69, 9.17) is 21.7 Å². The lowest BCUT2D eigenvalue weighted by atomic mass is 9.99. The summed E-state index contributed by atoms with van der Waals surface area (Å²) in [4.78, 5) is 15.5. The van der Waals surface area contributed by atoms with Crippen LogP contribution in [0.2, 0.25) is 0 Å². The SMILES string of the molecule is CCOc1cc(C(=S)N2CCC(C)CC2)cc(Br)c1OCC(=O)Nc1ccc(CC)cc1. The normalized spacial score (nSPS) is 14.2. The Labute approximate surface area is 204 Å². The Morgan fingerprint density at radius 2 is 1.84 bits per heavy atom. The van der Waals surface area contributed by atoms with Gasteiger partial charge in [-0.25, -0.2) is 0 Å². The van der Waals surface area contributed by atoms with E-state index in [0.29, 0.717) is 22.6 Å². The molecule has 0 saturated carbocycles. The van der Waals surface area contributed by atoms with E-state index in [1.54, 1.807) is 0 Å². The monoisotopic (exact) mass is 518 g/mol. The van der Waals surface area contributed by atoms with Crippen LogP contribution in [0, 0.1) is 5.92 Å². The van der Waals surface area contributed by atoms with Crippen molar-refractivity contribution >= 4 is 44.7 Å². The van der Waals surface area contributed by atoms with Crippen molar-refractivity contribution in [1.29, 1.82) is 0 Å². The third-order valence-corrected chi connectivity index (χ3v) is 6.70. The van der Waals surface area contributed by atoms with E-state index in [9.17, 15) is 4.79 Å². The number of amides is 1. The average molecular weight is 520 g/mol. The number of aryl methyl sites for hydroxylation is 1. The number of hydrogen-bond acceptors (Lipinski definition) is 4. The molecule has 32 heavy (non-hydrogen) atoms. The molecule has 1 heterocycles. The molecule has 1 amide bonds. The van der Waals surface area contributed by atoms with Crippen LogP contribution in [0.1, 0.15) is 44.7 Å². The quantitative estimate of drug-likeness (QED) is 0.445. The highest BCUT2D eigenvalue weighted by atomic mass is 79.9. The number of piperidine rings is 1. The van der Waals surface area contributed by atoms with Gasteiger partial charge in [-0.3, -0.25) is 4.79 Å². The van der Waals surface area contributed by atoms with Gasteiger partial charge in [0, 0.05) is 24.3 Å².